The van der Waals surface area contributed by atoms with E-state index >= 15 is 0 Å². The quantitative estimate of drug-likeness (QED) is 0.307. The summed E-state index contributed by atoms with van der Waals surface area (Å²) in [7, 11) is -2.86. The normalized spacial score (nSPS) is 10.7. The number of methoxy groups -OCH3 is 2. The third kappa shape index (κ3) is 3.91. The molecule has 0 aromatic heterocycles. The molecular weight excluding hydrogens is 363 g/mol. The number of carbonyl (C=O) groups excluding carboxylic acids is 1. The van der Waals surface area contributed by atoms with Crippen LogP contribution in [0, 0.1) is 0 Å². The number of carbonyl (C=O) groups is 1. The Balaban J connectivity index is 0.00000312. The van der Waals surface area contributed by atoms with Crippen LogP contribution in [0.5, 0.6) is 23.0 Å². The van der Waals surface area contributed by atoms with Gasteiger partial charge in [0.1, 0.15) is 0 Å². The van der Waals surface area contributed by atoms with E-state index in [0.717, 1.165) is 14.2 Å². The van der Waals surface area contributed by atoms with Crippen molar-refractivity contribution in [1.82, 2.24) is 0 Å². The Hall–Kier alpha value is -1.78. The van der Waals surface area contributed by atoms with Crippen LogP contribution < -0.4 is 9.47 Å². The van der Waals surface area contributed by atoms with Gasteiger partial charge in [0.15, 0.2) is 22.2 Å². The fraction of sp³-hybridized carbons (Fsp3) is 0.133. The molecule has 0 bridgehead atoms. The number of rotatable bonds is 5. The van der Waals surface area contributed by atoms with E-state index in [4.69, 9.17) is 9.47 Å². The Bertz CT molecular complexity index is 894. The number of phenolic OH excluding ortho intramolecular Hbond substituents is 2. The summed E-state index contributed by atoms with van der Waals surface area (Å²) in [4.78, 5) is 11.6. The van der Waals surface area contributed by atoms with Crippen molar-refractivity contribution in [3.63, 3.8) is 0 Å². The van der Waals surface area contributed by atoms with Crippen LogP contribution in [0.4, 0.5) is 0 Å². The van der Waals surface area contributed by atoms with E-state index in [0.29, 0.717) is 0 Å². The topological polar surface area (TPSA) is 130 Å². The fourth-order valence-electron chi connectivity index (χ4n) is 2.22. The average molecular weight is 377 g/mol. The molecule has 2 rings (SSSR count). The third-order valence-electron chi connectivity index (χ3n) is 3.24. The maximum absolute atomic E-state index is 12.6. The molecule has 0 aliphatic rings. The van der Waals surface area contributed by atoms with Crippen LogP contribution in [0.15, 0.2) is 35.2 Å². The largest absolute Gasteiger partial charge is 0.504 e. The zero-order valence-corrected chi connectivity index (χ0v) is 16.5. The van der Waals surface area contributed by atoms with Crippen molar-refractivity contribution in [2.75, 3.05) is 14.2 Å². The predicted octanol–water partition coefficient (Wildman–Crippen LogP) is 1.21. The first kappa shape index (κ1) is 21.3. The Morgan fingerprint density at radius 3 is 1.92 bits per heavy atom. The maximum Gasteiger partial charge on any atom is 0.299 e. The van der Waals surface area contributed by atoms with Gasteiger partial charge in [-0.2, -0.15) is 8.42 Å². The van der Waals surface area contributed by atoms with Crippen LogP contribution in [-0.2, 0) is 10.1 Å². The molecule has 0 heterocycles. The van der Waals surface area contributed by atoms with Gasteiger partial charge in [-0.1, -0.05) is 30.3 Å². The molecular formula is C15H14NaO8S. The first-order valence-electron chi connectivity index (χ1n) is 6.51. The Kier molecular flexibility index (Phi) is 6.86. The molecule has 0 aliphatic carbocycles. The number of hydrogen-bond donors (Lipinski definition) is 3. The summed E-state index contributed by atoms with van der Waals surface area (Å²) in [5.41, 5.74) is -0.789. The van der Waals surface area contributed by atoms with Crippen LogP contribution in [0.25, 0.3) is 0 Å². The number of ether oxygens (including phenoxy) is 2. The second-order valence-electron chi connectivity index (χ2n) is 4.64. The second kappa shape index (κ2) is 8.07. The molecule has 3 N–H and O–H groups in total. The summed E-state index contributed by atoms with van der Waals surface area (Å²) in [5, 5.41) is 20.1. The van der Waals surface area contributed by atoms with Gasteiger partial charge in [-0.15, -0.1) is 0 Å². The summed E-state index contributed by atoms with van der Waals surface area (Å²) in [5.74, 6) is -4.01. The van der Waals surface area contributed by atoms with Gasteiger partial charge in [-0.25, -0.2) is 0 Å². The SMILES string of the molecule is COc1c(O)c(O)c(C(=O)c2ccccc2)c(S(=O)(=O)O)c1OC.[Na]. The molecule has 0 amide bonds. The van der Waals surface area contributed by atoms with Crippen molar-refractivity contribution in [2.45, 2.75) is 4.90 Å². The van der Waals surface area contributed by atoms with Gasteiger partial charge in [-0.05, 0) is 0 Å². The maximum atomic E-state index is 12.6. The summed E-state index contributed by atoms with van der Waals surface area (Å²) >= 11 is 0. The molecule has 0 saturated carbocycles. The first-order chi connectivity index (χ1) is 11.2. The van der Waals surface area contributed by atoms with Crippen molar-refractivity contribution >= 4 is 45.5 Å². The van der Waals surface area contributed by atoms with Gasteiger partial charge in [0.2, 0.25) is 11.5 Å². The third-order valence-corrected chi connectivity index (χ3v) is 4.15. The zero-order chi connectivity index (χ0) is 18.1. The molecule has 1 radical (unpaired) electrons. The predicted molar refractivity (Wildman–Crippen MR) is 88.3 cm³/mol. The van der Waals surface area contributed by atoms with Gasteiger partial charge in [0.25, 0.3) is 10.1 Å². The van der Waals surface area contributed by atoms with Crippen LogP contribution in [-0.4, -0.2) is 72.7 Å². The van der Waals surface area contributed by atoms with E-state index in [9.17, 15) is 28.0 Å². The van der Waals surface area contributed by atoms with Crippen molar-refractivity contribution in [3.05, 3.63) is 41.5 Å². The summed E-state index contributed by atoms with van der Waals surface area (Å²) < 4.78 is 42.7. The molecule has 2 aromatic carbocycles. The molecule has 0 unspecified atom stereocenters. The molecule has 0 fully saturated rings. The molecule has 129 valence electrons. The fourth-order valence-corrected chi connectivity index (χ4v) is 3.08. The van der Waals surface area contributed by atoms with Crippen molar-refractivity contribution in [1.29, 1.82) is 0 Å². The molecule has 0 saturated heterocycles. The minimum Gasteiger partial charge on any atom is -0.504 e. The van der Waals surface area contributed by atoms with Crippen LogP contribution in [0.2, 0.25) is 0 Å². The van der Waals surface area contributed by atoms with Gasteiger partial charge in [0.05, 0.1) is 19.8 Å². The Labute approximate surface area is 166 Å². The minimum absolute atomic E-state index is 0. The van der Waals surface area contributed by atoms with Crippen molar-refractivity contribution in [2.24, 2.45) is 0 Å². The average Bonchev–Trinajstić information content (AvgIpc) is 2.55. The van der Waals surface area contributed by atoms with Crippen LogP contribution in [0.3, 0.4) is 0 Å². The van der Waals surface area contributed by atoms with Crippen LogP contribution >= 0.6 is 0 Å². The number of phenols is 2. The minimum atomic E-state index is -5.00. The van der Waals surface area contributed by atoms with E-state index in [1.165, 1.54) is 24.3 Å². The molecule has 8 nitrogen and oxygen atoms in total. The molecule has 0 atom stereocenters. The van der Waals surface area contributed by atoms with E-state index in [2.05, 4.69) is 0 Å². The summed E-state index contributed by atoms with van der Waals surface area (Å²) in [6.45, 7) is 0. The second-order valence-corrected chi connectivity index (χ2v) is 6.00. The van der Waals surface area contributed by atoms with Crippen molar-refractivity contribution in [3.8, 4) is 23.0 Å². The smallest absolute Gasteiger partial charge is 0.299 e. The van der Waals surface area contributed by atoms with Gasteiger partial charge in [0, 0.05) is 35.1 Å². The molecule has 0 aliphatic heterocycles. The van der Waals surface area contributed by atoms with E-state index < -0.39 is 49.4 Å². The van der Waals surface area contributed by atoms with Gasteiger partial charge in [-0.3, -0.25) is 9.35 Å². The van der Waals surface area contributed by atoms with Gasteiger partial charge < -0.3 is 19.7 Å². The molecule has 10 heteroatoms. The molecule has 2 aromatic rings. The van der Waals surface area contributed by atoms with E-state index in [1.807, 2.05) is 0 Å². The van der Waals surface area contributed by atoms with E-state index in [-0.39, 0.29) is 35.1 Å². The molecule has 0 spiro atoms. The summed E-state index contributed by atoms with van der Waals surface area (Å²) in [6.07, 6.45) is 0. The number of benzene rings is 2. The van der Waals surface area contributed by atoms with Gasteiger partial charge >= 0.3 is 0 Å². The summed E-state index contributed by atoms with van der Waals surface area (Å²) in [6, 6.07) is 7.44. The number of hydrogen-bond acceptors (Lipinski definition) is 7. The Morgan fingerprint density at radius 1 is 0.960 bits per heavy atom. The first-order valence-corrected chi connectivity index (χ1v) is 7.95. The van der Waals surface area contributed by atoms with Crippen molar-refractivity contribution < 1.29 is 37.5 Å². The number of aromatic hydroxyl groups is 2. The number of ketones is 1. The van der Waals surface area contributed by atoms with Crippen LogP contribution in [0.1, 0.15) is 15.9 Å². The Morgan fingerprint density at radius 2 is 1.48 bits per heavy atom. The molecule has 25 heavy (non-hydrogen) atoms. The monoisotopic (exact) mass is 377 g/mol. The zero-order valence-electron chi connectivity index (χ0n) is 13.7. The standard InChI is InChI=1S/C15H14O8S.Na/c1-22-13-12(18)11(17)9(10(16)8-6-4-3-5-7-8)15(14(13)23-2)24(19,20)21;/h3-7,17-18H,1-2H3,(H,19,20,21);. The van der Waals surface area contributed by atoms with E-state index in [1.54, 1.807) is 6.07 Å².